The molecule has 0 amide bonds. The monoisotopic (exact) mass is 140 g/mol. The van der Waals surface area contributed by atoms with Crippen LogP contribution in [0.3, 0.4) is 0 Å². The van der Waals surface area contributed by atoms with Crippen LogP contribution >= 0.6 is 0 Å². The van der Waals surface area contributed by atoms with Crippen LogP contribution in [0, 0.1) is 5.92 Å². The van der Waals surface area contributed by atoms with Gasteiger partial charge in [0, 0.05) is 17.4 Å². The number of carboxylic acid groups (broad SMARTS) is 1. The molecule has 42 valence electrons. The molecule has 7 heavy (non-hydrogen) atoms. The van der Waals surface area contributed by atoms with E-state index in [-0.39, 0.29) is 23.3 Å². The fraction of sp³-hybridized carbons (Fsp3) is 0.750. The summed E-state index contributed by atoms with van der Waals surface area (Å²) >= 11 is 0. The van der Waals surface area contributed by atoms with Gasteiger partial charge in [-0.1, -0.05) is 13.8 Å². The molecular weight excluding hydrogens is 132 g/mol. The van der Waals surface area contributed by atoms with Gasteiger partial charge in [-0.15, -0.1) is 0 Å². The molecule has 0 spiro atoms. The van der Waals surface area contributed by atoms with E-state index >= 15 is 0 Å². The predicted octanol–water partition coefficient (Wildman–Crippen LogP) is 0.724. The number of hydrogen-bond acceptors (Lipinski definition) is 1. The first kappa shape index (κ1) is 10.1. The molecule has 0 aliphatic heterocycles. The zero-order valence-corrected chi connectivity index (χ0v) is 5.62. The Hall–Kier alpha value is 0.00247. The number of carbonyl (C=O) groups is 1. The van der Waals surface area contributed by atoms with E-state index < -0.39 is 5.97 Å². The number of aliphatic carboxylic acids is 1. The van der Waals surface area contributed by atoms with Crippen LogP contribution in [0.5, 0.6) is 0 Å². The zero-order valence-electron chi connectivity index (χ0n) is 4.34. The van der Waals surface area contributed by atoms with Crippen molar-refractivity contribution in [3.63, 3.8) is 0 Å². The van der Waals surface area contributed by atoms with Crippen molar-refractivity contribution in [3.8, 4) is 0 Å². The summed E-state index contributed by atoms with van der Waals surface area (Å²) in [7, 11) is 0. The Labute approximate surface area is 53.7 Å². The summed E-state index contributed by atoms with van der Waals surface area (Å²) < 4.78 is 0. The largest absolute Gasteiger partial charge is 0.481 e. The third-order valence-electron chi connectivity index (χ3n) is 0.494. The van der Waals surface area contributed by atoms with E-state index in [0.717, 1.165) is 0 Å². The quantitative estimate of drug-likeness (QED) is 0.582. The average Bonchev–Trinajstić information content (AvgIpc) is 1.36. The minimum Gasteiger partial charge on any atom is -0.481 e. The predicted molar refractivity (Wildman–Crippen MR) is 22.5 cm³/mol. The Balaban J connectivity index is 0. The number of hydrogen-bond donors (Lipinski definition) is 1. The Bertz CT molecular complexity index is 60.7. The van der Waals surface area contributed by atoms with Gasteiger partial charge in [0.2, 0.25) is 0 Å². The topological polar surface area (TPSA) is 37.3 Å². The first-order valence-corrected chi connectivity index (χ1v) is 1.87. The summed E-state index contributed by atoms with van der Waals surface area (Å²) in [5, 5.41) is 7.99. The van der Waals surface area contributed by atoms with Gasteiger partial charge in [0.1, 0.15) is 0 Å². The second-order valence-corrected chi connectivity index (χ2v) is 1.49. The molecule has 0 aromatic rings. The fourth-order valence-electron chi connectivity index (χ4n) is 0. The van der Waals surface area contributed by atoms with E-state index in [1.807, 2.05) is 0 Å². The molecule has 0 aromatic carbocycles. The molecule has 0 saturated heterocycles. The van der Waals surface area contributed by atoms with E-state index in [2.05, 4.69) is 0 Å². The minimum absolute atomic E-state index is 0. The van der Waals surface area contributed by atoms with Crippen molar-refractivity contribution in [2.24, 2.45) is 5.92 Å². The molecule has 1 N–H and O–H groups in total. The third-order valence-corrected chi connectivity index (χ3v) is 0.494. The van der Waals surface area contributed by atoms with Crippen molar-refractivity contribution in [3.05, 3.63) is 0 Å². The van der Waals surface area contributed by atoms with Gasteiger partial charge in [0.05, 0.1) is 5.92 Å². The van der Waals surface area contributed by atoms with Crippen LogP contribution in [0.4, 0.5) is 0 Å². The van der Waals surface area contributed by atoms with Crippen LogP contribution in [0.15, 0.2) is 0 Å². The molecule has 2 nitrogen and oxygen atoms in total. The second kappa shape index (κ2) is 4.17. The molecule has 3 heteroatoms. The van der Waals surface area contributed by atoms with Crippen LogP contribution in [-0.2, 0) is 22.2 Å². The first-order valence-electron chi connectivity index (χ1n) is 1.87. The third kappa shape index (κ3) is 6.00. The van der Waals surface area contributed by atoms with E-state index in [9.17, 15) is 4.79 Å². The molecule has 0 unspecified atom stereocenters. The van der Waals surface area contributed by atoms with Crippen molar-refractivity contribution in [1.29, 1.82) is 0 Å². The maximum atomic E-state index is 9.70. The molecule has 0 aromatic heterocycles. The molecule has 0 aliphatic rings. The molecule has 0 atom stereocenters. The van der Waals surface area contributed by atoms with Crippen LogP contribution in [0.1, 0.15) is 13.8 Å². The summed E-state index contributed by atoms with van der Waals surface area (Å²) in [5.41, 5.74) is 0. The number of carboxylic acids is 1. The van der Waals surface area contributed by atoms with Crippen molar-refractivity contribution in [2.75, 3.05) is 0 Å². The van der Waals surface area contributed by atoms with Gasteiger partial charge in [-0.3, -0.25) is 4.79 Å². The van der Waals surface area contributed by atoms with E-state index in [1.54, 1.807) is 13.8 Å². The van der Waals surface area contributed by atoms with E-state index in [0.29, 0.717) is 0 Å². The SMILES string of the molecule is CC(C)C(=O)O.[Cr]. The Morgan fingerprint density at radius 1 is 1.57 bits per heavy atom. The van der Waals surface area contributed by atoms with Gasteiger partial charge in [-0.05, 0) is 0 Å². The zero-order chi connectivity index (χ0) is 5.15. The summed E-state index contributed by atoms with van der Waals surface area (Å²) in [6.07, 6.45) is 0. The van der Waals surface area contributed by atoms with Gasteiger partial charge in [-0.2, -0.15) is 0 Å². The molecule has 0 heterocycles. The average molecular weight is 140 g/mol. The molecule has 0 fully saturated rings. The minimum atomic E-state index is -0.741. The van der Waals surface area contributed by atoms with Crippen molar-refractivity contribution in [1.82, 2.24) is 0 Å². The molecule has 0 radical (unpaired) electrons. The van der Waals surface area contributed by atoms with Gasteiger partial charge in [0.25, 0.3) is 0 Å². The molecule has 0 saturated carbocycles. The second-order valence-electron chi connectivity index (χ2n) is 1.49. The van der Waals surface area contributed by atoms with Crippen molar-refractivity contribution >= 4 is 5.97 Å². The van der Waals surface area contributed by atoms with Gasteiger partial charge in [0.15, 0.2) is 0 Å². The van der Waals surface area contributed by atoms with Crippen LogP contribution in [0.2, 0.25) is 0 Å². The van der Waals surface area contributed by atoms with Gasteiger partial charge >= 0.3 is 5.97 Å². The first-order chi connectivity index (χ1) is 2.64. The van der Waals surface area contributed by atoms with Crippen molar-refractivity contribution in [2.45, 2.75) is 13.8 Å². The Morgan fingerprint density at radius 3 is 1.71 bits per heavy atom. The normalized spacial score (nSPS) is 7.86. The maximum Gasteiger partial charge on any atom is 0.305 e. The summed E-state index contributed by atoms with van der Waals surface area (Å²) in [6, 6.07) is 0. The smallest absolute Gasteiger partial charge is 0.305 e. The van der Waals surface area contributed by atoms with Crippen LogP contribution in [-0.4, -0.2) is 11.1 Å². The standard InChI is InChI=1S/C4H8O2.Cr/c1-3(2)4(5)6;/h3H,1-2H3,(H,5,6);. The molecular formula is C4H8CrO2. The molecule has 0 bridgehead atoms. The van der Waals surface area contributed by atoms with Gasteiger partial charge in [-0.25, -0.2) is 0 Å². The van der Waals surface area contributed by atoms with Gasteiger partial charge < -0.3 is 5.11 Å². The van der Waals surface area contributed by atoms with E-state index in [4.69, 9.17) is 5.11 Å². The fourth-order valence-corrected chi connectivity index (χ4v) is 0. The number of rotatable bonds is 1. The summed E-state index contributed by atoms with van der Waals surface area (Å²) in [5.74, 6) is -0.972. The Kier molecular flexibility index (Phi) is 6.00. The van der Waals surface area contributed by atoms with Crippen LogP contribution in [0.25, 0.3) is 0 Å². The molecule has 0 rings (SSSR count). The van der Waals surface area contributed by atoms with Crippen LogP contribution < -0.4 is 0 Å². The summed E-state index contributed by atoms with van der Waals surface area (Å²) in [6.45, 7) is 3.28. The summed E-state index contributed by atoms with van der Waals surface area (Å²) in [4.78, 5) is 9.70. The Morgan fingerprint density at radius 2 is 1.71 bits per heavy atom. The maximum absolute atomic E-state index is 9.70. The van der Waals surface area contributed by atoms with E-state index in [1.165, 1.54) is 0 Å². The van der Waals surface area contributed by atoms with Crippen molar-refractivity contribution < 1.29 is 27.3 Å². The molecule has 0 aliphatic carbocycles.